The molecule has 12 heavy (non-hydrogen) atoms. The van der Waals surface area contributed by atoms with E-state index in [1.165, 1.54) is 0 Å². The van der Waals surface area contributed by atoms with Crippen LogP contribution >= 0.6 is 0 Å². The van der Waals surface area contributed by atoms with E-state index in [0.717, 1.165) is 19.6 Å². The molecule has 70 valence electrons. The maximum atomic E-state index is 5.51. The van der Waals surface area contributed by atoms with Crippen LogP contribution in [0.25, 0.3) is 0 Å². The molecule has 0 amide bonds. The summed E-state index contributed by atoms with van der Waals surface area (Å²) in [5, 5.41) is 3.41. The predicted molar refractivity (Wildman–Crippen MR) is 51.2 cm³/mol. The van der Waals surface area contributed by atoms with Gasteiger partial charge in [-0.25, -0.2) is 0 Å². The third-order valence-electron chi connectivity index (χ3n) is 2.59. The third kappa shape index (κ3) is 2.08. The summed E-state index contributed by atoms with van der Waals surface area (Å²) in [6.07, 6.45) is 3.54. The van der Waals surface area contributed by atoms with E-state index in [9.17, 15) is 0 Å². The van der Waals surface area contributed by atoms with E-state index in [-0.39, 0.29) is 0 Å². The first-order valence-electron chi connectivity index (χ1n) is 4.77. The number of hydrogen-bond acceptors (Lipinski definition) is 2. The molecule has 2 nitrogen and oxygen atoms in total. The van der Waals surface area contributed by atoms with Crippen LogP contribution in [0.2, 0.25) is 0 Å². The summed E-state index contributed by atoms with van der Waals surface area (Å²) in [6.45, 7) is 10.0. The minimum absolute atomic E-state index is 0.382. The van der Waals surface area contributed by atoms with E-state index >= 15 is 0 Å². The van der Waals surface area contributed by atoms with Gasteiger partial charge in [-0.2, -0.15) is 0 Å². The Labute approximate surface area is 75.0 Å². The van der Waals surface area contributed by atoms with Crippen molar-refractivity contribution < 1.29 is 4.74 Å². The first-order valence-corrected chi connectivity index (χ1v) is 4.77. The molecule has 1 aliphatic rings. The molecule has 0 aromatic rings. The number of rotatable bonds is 4. The first kappa shape index (κ1) is 9.75. The summed E-state index contributed by atoms with van der Waals surface area (Å²) >= 11 is 0. The summed E-state index contributed by atoms with van der Waals surface area (Å²) in [6, 6.07) is 0.424. The topological polar surface area (TPSA) is 21.3 Å². The Bertz CT molecular complexity index is 147. The highest BCUT2D eigenvalue weighted by molar-refractivity contribution is 4.94. The maximum Gasteiger partial charge on any atom is 0.0593 e. The summed E-state index contributed by atoms with van der Waals surface area (Å²) in [4.78, 5) is 0. The second-order valence-corrected chi connectivity index (χ2v) is 3.35. The van der Waals surface area contributed by atoms with Gasteiger partial charge >= 0.3 is 0 Å². The van der Waals surface area contributed by atoms with Crippen LogP contribution in [0.3, 0.4) is 0 Å². The van der Waals surface area contributed by atoms with Crippen molar-refractivity contribution in [2.45, 2.75) is 32.4 Å². The highest BCUT2D eigenvalue weighted by atomic mass is 16.5. The minimum atomic E-state index is 0.382. The molecule has 0 aromatic heterocycles. The second-order valence-electron chi connectivity index (χ2n) is 3.35. The van der Waals surface area contributed by atoms with Crippen molar-refractivity contribution in [2.24, 2.45) is 5.92 Å². The molecule has 0 saturated carbocycles. The molecular weight excluding hydrogens is 150 g/mol. The zero-order valence-electron chi connectivity index (χ0n) is 8.05. The Kier molecular flexibility index (Phi) is 3.76. The Morgan fingerprint density at radius 2 is 2.50 bits per heavy atom. The highest BCUT2D eigenvalue weighted by Crippen LogP contribution is 2.24. The van der Waals surface area contributed by atoms with Gasteiger partial charge in [0.05, 0.1) is 6.10 Å². The van der Waals surface area contributed by atoms with Gasteiger partial charge in [-0.05, 0) is 19.9 Å². The lowest BCUT2D eigenvalue weighted by Crippen LogP contribution is -2.37. The molecule has 3 unspecified atom stereocenters. The van der Waals surface area contributed by atoms with Crippen molar-refractivity contribution in [1.29, 1.82) is 0 Å². The van der Waals surface area contributed by atoms with Crippen LogP contribution in [-0.4, -0.2) is 25.3 Å². The molecule has 1 rings (SSSR count). The van der Waals surface area contributed by atoms with Crippen molar-refractivity contribution in [3.05, 3.63) is 12.7 Å². The third-order valence-corrected chi connectivity index (χ3v) is 2.59. The molecule has 2 heteroatoms. The molecule has 1 N–H and O–H groups in total. The fourth-order valence-corrected chi connectivity index (χ4v) is 1.87. The largest absolute Gasteiger partial charge is 0.378 e. The fourth-order valence-electron chi connectivity index (χ4n) is 1.87. The van der Waals surface area contributed by atoms with Crippen LogP contribution in [-0.2, 0) is 4.74 Å². The van der Waals surface area contributed by atoms with E-state index < -0.39 is 0 Å². The van der Waals surface area contributed by atoms with Crippen molar-refractivity contribution in [1.82, 2.24) is 5.32 Å². The van der Waals surface area contributed by atoms with E-state index in [1.54, 1.807) is 0 Å². The molecular formula is C10H19NO. The van der Waals surface area contributed by atoms with Crippen molar-refractivity contribution in [3.8, 4) is 0 Å². The Balaban J connectivity index is 2.46. The molecule has 1 aliphatic heterocycles. The number of hydrogen-bond donors (Lipinski definition) is 1. The smallest absolute Gasteiger partial charge is 0.0593 e. The first-order chi connectivity index (χ1) is 5.79. The average Bonchev–Trinajstić information content (AvgIpc) is 2.47. The van der Waals surface area contributed by atoms with E-state index in [1.807, 2.05) is 6.08 Å². The van der Waals surface area contributed by atoms with Crippen LogP contribution in [0.1, 0.15) is 20.3 Å². The van der Waals surface area contributed by atoms with Gasteiger partial charge in [0.15, 0.2) is 0 Å². The number of nitrogens with one attached hydrogen (secondary N) is 1. The monoisotopic (exact) mass is 169 g/mol. The number of ether oxygens (including phenoxy) is 1. The van der Waals surface area contributed by atoms with Crippen molar-refractivity contribution in [3.63, 3.8) is 0 Å². The van der Waals surface area contributed by atoms with Gasteiger partial charge in [0.1, 0.15) is 0 Å². The van der Waals surface area contributed by atoms with Gasteiger partial charge in [0, 0.05) is 18.6 Å². The standard InChI is InChI=1S/C10H19NO/c1-4-10(11-5-2)9-6-7-12-8(9)3/h4,8-11H,1,5-7H2,2-3H3. The fraction of sp³-hybridized carbons (Fsp3) is 0.800. The lowest BCUT2D eigenvalue weighted by molar-refractivity contribution is 0.100. The Morgan fingerprint density at radius 3 is 2.92 bits per heavy atom. The highest BCUT2D eigenvalue weighted by Gasteiger charge is 2.29. The average molecular weight is 169 g/mol. The van der Waals surface area contributed by atoms with Gasteiger partial charge in [0.2, 0.25) is 0 Å². The Hall–Kier alpha value is -0.340. The Morgan fingerprint density at radius 1 is 1.75 bits per heavy atom. The van der Waals surface area contributed by atoms with Gasteiger partial charge in [-0.1, -0.05) is 13.0 Å². The molecule has 0 aliphatic carbocycles. The lowest BCUT2D eigenvalue weighted by Gasteiger charge is -2.23. The van der Waals surface area contributed by atoms with Gasteiger partial charge in [0.25, 0.3) is 0 Å². The molecule has 3 atom stereocenters. The normalized spacial score (nSPS) is 31.8. The quantitative estimate of drug-likeness (QED) is 0.645. The van der Waals surface area contributed by atoms with Gasteiger partial charge in [-0.3, -0.25) is 0 Å². The van der Waals surface area contributed by atoms with Gasteiger partial charge < -0.3 is 10.1 Å². The minimum Gasteiger partial charge on any atom is -0.378 e. The van der Waals surface area contributed by atoms with Crippen molar-refractivity contribution >= 4 is 0 Å². The van der Waals surface area contributed by atoms with Gasteiger partial charge in [-0.15, -0.1) is 6.58 Å². The molecule has 1 heterocycles. The van der Waals surface area contributed by atoms with E-state index in [0.29, 0.717) is 18.1 Å². The lowest BCUT2D eigenvalue weighted by atomic mass is 9.93. The predicted octanol–water partition coefficient (Wildman–Crippen LogP) is 1.58. The maximum absolute atomic E-state index is 5.51. The summed E-state index contributed by atoms with van der Waals surface area (Å²) in [7, 11) is 0. The molecule has 0 spiro atoms. The van der Waals surface area contributed by atoms with Crippen LogP contribution in [0.4, 0.5) is 0 Å². The molecule has 1 fully saturated rings. The van der Waals surface area contributed by atoms with E-state index in [2.05, 4.69) is 25.7 Å². The molecule has 1 saturated heterocycles. The van der Waals surface area contributed by atoms with Crippen LogP contribution in [0.5, 0.6) is 0 Å². The summed E-state index contributed by atoms with van der Waals surface area (Å²) in [5.41, 5.74) is 0. The second kappa shape index (κ2) is 4.63. The zero-order chi connectivity index (χ0) is 8.97. The van der Waals surface area contributed by atoms with Crippen LogP contribution in [0, 0.1) is 5.92 Å². The van der Waals surface area contributed by atoms with Crippen LogP contribution < -0.4 is 5.32 Å². The number of likely N-dealkylation sites (N-methyl/N-ethyl adjacent to an activating group) is 1. The SMILES string of the molecule is C=CC(NCC)C1CCOC1C. The zero-order valence-corrected chi connectivity index (χ0v) is 8.05. The summed E-state index contributed by atoms with van der Waals surface area (Å²) < 4.78 is 5.51. The van der Waals surface area contributed by atoms with Crippen molar-refractivity contribution in [2.75, 3.05) is 13.2 Å². The molecule has 0 radical (unpaired) electrons. The van der Waals surface area contributed by atoms with Crippen LogP contribution in [0.15, 0.2) is 12.7 Å². The summed E-state index contributed by atoms with van der Waals surface area (Å²) in [5.74, 6) is 0.613. The molecule has 0 aromatic carbocycles. The van der Waals surface area contributed by atoms with E-state index in [4.69, 9.17) is 4.74 Å². The molecule has 0 bridgehead atoms.